The van der Waals surface area contributed by atoms with Gasteiger partial charge in [-0.25, -0.2) is 4.99 Å². The number of aliphatic imine (C=N–C) groups is 1. The Kier molecular flexibility index (Phi) is 7.40. The minimum atomic E-state index is -3.00. The molecule has 0 unspecified atom stereocenters. The molecule has 0 aliphatic rings. The van der Waals surface area contributed by atoms with Gasteiger partial charge in [-0.2, -0.15) is 8.78 Å². The summed E-state index contributed by atoms with van der Waals surface area (Å²) in [4.78, 5) is 4.36. The first-order valence-corrected chi connectivity index (χ1v) is 8.44. The first-order chi connectivity index (χ1) is 12.4. The lowest BCUT2D eigenvalue weighted by Crippen LogP contribution is -2.37. The number of nitrogens with zero attached hydrogens (tertiary/aromatic N) is 4. The summed E-state index contributed by atoms with van der Waals surface area (Å²) in [5.41, 5.74) is 0.346. The average molecular weight is 407 g/mol. The summed E-state index contributed by atoms with van der Waals surface area (Å²) >= 11 is 11.9. The van der Waals surface area contributed by atoms with E-state index in [2.05, 4.69) is 30.6 Å². The number of hydrogen-bond acceptors (Lipinski definition) is 4. The maximum absolute atomic E-state index is 12.6. The molecule has 2 rings (SSSR count). The van der Waals surface area contributed by atoms with Gasteiger partial charge in [0.1, 0.15) is 12.1 Å². The summed E-state index contributed by atoms with van der Waals surface area (Å²) in [5, 5.41) is 14.2. The van der Waals surface area contributed by atoms with Crippen molar-refractivity contribution in [3.05, 3.63) is 39.9 Å². The fourth-order valence-corrected chi connectivity index (χ4v) is 2.67. The van der Waals surface area contributed by atoms with E-state index in [0.29, 0.717) is 35.5 Å². The molecular formula is C15H18Cl2F2N6O. The highest BCUT2D eigenvalue weighted by Crippen LogP contribution is 2.34. The molecule has 0 aliphatic carbocycles. The van der Waals surface area contributed by atoms with Gasteiger partial charge in [-0.05, 0) is 19.1 Å². The van der Waals surface area contributed by atoms with Crippen molar-refractivity contribution < 1.29 is 13.5 Å². The van der Waals surface area contributed by atoms with Crippen LogP contribution in [-0.2, 0) is 20.1 Å². The predicted molar refractivity (Wildman–Crippen MR) is 95.8 cm³/mol. The summed E-state index contributed by atoms with van der Waals surface area (Å²) in [7, 11) is 1.82. The van der Waals surface area contributed by atoms with Gasteiger partial charge in [0.15, 0.2) is 11.8 Å². The van der Waals surface area contributed by atoms with Crippen molar-refractivity contribution in [2.24, 2.45) is 12.0 Å². The second-order valence-corrected chi connectivity index (χ2v) is 6.00. The van der Waals surface area contributed by atoms with Gasteiger partial charge in [0, 0.05) is 24.2 Å². The van der Waals surface area contributed by atoms with Crippen LogP contribution in [0, 0.1) is 0 Å². The lowest BCUT2D eigenvalue weighted by molar-refractivity contribution is -0.0503. The number of guanidine groups is 1. The highest BCUT2D eigenvalue weighted by atomic mass is 35.5. The third-order valence-electron chi connectivity index (χ3n) is 3.26. The van der Waals surface area contributed by atoms with Gasteiger partial charge in [-0.15, -0.1) is 10.2 Å². The number of alkyl halides is 2. The molecule has 0 radical (unpaired) electrons. The van der Waals surface area contributed by atoms with Crippen molar-refractivity contribution in [3.63, 3.8) is 0 Å². The minimum Gasteiger partial charge on any atom is -0.433 e. The van der Waals surface area contributed by atoms with Crippen molar-refractivity contribution in [2.45, 2.75) is 26.6 Å². The van der Waals surface area contributed by atoms with Gasteiger partial charge in [0.05, 0.1) is 18.1 Å². The predicted octanol–water partition coefficient (Wildman–Crippen LogP) is 2.98. The monoisotopic (exact) mass is 406 g/mol. The van der Waals surface area contributed by atoms with Crippen LogP contribution in [-0.4, -0.2) is 33.9 Å². The topological polar surface area (TPSA) is 76.4 Å². The Labute approximate surface area is 159 Å². The molecule has 0 amide bonds. The van der Waals surface area contributed by atoms with Crippen LogP contribution in [0.2, 0.25) is 10.0 Å². The lowest BCUT2D eigenvalue weighted by Gasteiger charge is -2.14. The fourth-order valence-electron chi connectivity index (χ4n) is 2.09. The third-order valence-corrected chi connectivity index (χ3v) is 3.76. The Hall–Kier alpha value is -2.13. The van der Waals surface area contributed by atoms with E-state index in [4.69, 9.17) is 23.2 Å². The van der Waals surface area contributed by atoms with Crippen molar-refractivity contribution in [1.82, 2.24) is 25.4 Å². The Morgan fingerprint density at radius 2 is 2.12 bits per heavy atom. The molecule has 0 bridgehead atoms. The molecule has 0 aliphatic heterocycles. The zero-order valence-electron chi connectivity index (χ0n) is 14.1. The Morgan fingerprint density at radius 1 is 1.35 bits per heavy atom. The van der Waals surface area contributed by atoms with Gasteiger partial charge >= 0.3 is 6.61 Å². The number of ether oxygens (including phenoxy) is 1. The van der Waals surface area contributed by atoms with E-state index in [1.807, 2.05) is 14.0 Å². The summed E-state index contributed by atoms with van der Waals surface area (Å²) in [6.45, 7) is -0.0588. The molecule has 26 heavy (non-hydrogen) atoms. The largest absolute Gasteiger partial charge is 0.433 e. The Balaban J connectivity index is 2.16. The van der Waals surface area contributed by atoms with Crippen LogP contribution < -0.4 is 15.4 Å². The maximum Gasteiger partial charge on any atom is 0.387 e. The van der Waals surface area contributed by atoms with Crippen LogP contribution in [0.25, 0.3) is 0 Å². The number of rotatable bonds is 7. The molecule has 0 fully saturated rings. The molecule has 1 aromatic heterocycles. The molecule has 1 heterocycles. The zero-order valence-corrected chi connectivity index (χ0v) is 15.7. The summed E-state index contributed by atoms with van der Waals surface area (Å²) in [6, 6.07) is 2.83. The molecule has 1 aromatic carbocycles. The highest BCUT2D eigenvalue weighted by Gasteiger charge is 2.15. The number of hydrogen-bond donors (Lipinski definition) is 2. The number of aromatic nitrogens is 3. The number of aryl methyl sites for hydroxylation is 1. The van der Waals surface area contributed by atoms with Crippen LogP contribution >= 0.6 is 23.2 Å². The number of nitrogens with one attached hydrogen (secondary N) is 2. The molecule has 0 spiro atoms. The van der Waals surface area contributed by atoms with Crippen LogP contribution in [0.3, 0.4) is 0 Å². The van der Waals surface area contributed by atoms with Gasteiger partial charge in [0.2, 0.25) is 0 Å². The fraction of sp³-hybridized carbons (Fsp3) is 0.400. The molecule has 142 valence electrons. The highest BCUT2D eigenvalue weighted by molar-refractivity contribution is 6.35. The van der Waals surface area contributed by atoms with E-state index in [0.717, 1.165) is 0 Å². The molecule has 2 aromatic rings. The van der Waals surface area contributed by atoms with Crippen molar-refractivity contribution in [1.29, 1.82) is 0 Å². The summed E-state index contributed by atoms with van der Waals surface area (Å²) in [5.74, 6) is 1.04. The van der Waals surface area contributed by atoms with E-state index in [1.165, 1.54) is 12.1 Å². The van der Waals surface area contributed by atoms with E-state index in [9.17, 15) is 8.78 Å². The lowest BCUT2D eigenvalue weighted by atomic mass is 10.2. The maximum atomic E-state index is 12.6. The molecule has 0 saturated heterocycles. The van der Waals surface area contributed by atoms with Gasteiger partial charge in [-0.1, -0.05) is 23.2 Å². The van der Waals surface area contributed by atoms with Gasteiger partial charge in [0.25, 0.3) is 0 Å². The van der Waals surface area contributed by atoms with E-state index >= 15 is 0 Å². The Morgan fingerprint density at radius 3 is 2.73 bits per heavy atom. The second kappa shape index (κ2) is 9.54. The zero-order chi connectivity index (χ0) is 19.1. The normalized spacial score (nSPS) is 11.7. The van der Waals surface area contributed by atoms with Crippen molar-refractivity contribution in [3.8, 4) is 5.75 Å². The van der Waals surface area contributed by atoms with Crippen LogP contribution in [0.4, 0.5) is 8.78 Å². The molecular weight excluding hydrogens is 389 g/mol. The van der Waals surface area contributed by atoms with E-state index < -0.39 is 6.61 Å². The van der Waals surface area contributed by atoms with E-state index in [-0.39, 0.29) is 17.3 Å². The first kappa shape index (κ1) is 20.2. The average Bonchev–Trinajstić information content (AvgIpc) is 2.98. The van der Waals surface area contributed by atoms with Crippen LogP contribution in [0.1, 0.15) is 18.3 Å². The van der Waals surface area contributed by atoms with Gasteiger partial charge < -0.3 is 19.9 Å². The molecule has 0 atom stereocenters. The first-order valence-electron chi connectivity index (χ1n) is 7.68. The molecule has 0 saturated carbocycles. The quantitative estimate of drug-likeness (QED) is 0.545. The number of halogens is 4. The van der Waals surface area contributed by atoms with E-state index in [1.54, 1.807) is 10.9 Å². The SMILES string of the molecule is CCNC(=NCc1cc(Cl)cc(Cl)c1OC(F)F)NCc1nncn1C. The molecule has 2 N–H and O–H groups in total. The smallest absolute Gasteiger partial charge is 0.387 e. The van der Waals surface area contributed by atoms with Crippen molar-refractivity contribution in [2.75, 3.05) is 6.54 Å². The summed E-state index contributed by atoms with van der Waals surface area (Å²) in [6.07, 6.45) is 1.59. The molecule has 11 heteroatoms. The van der Waals surface area contributed by atoms with Crippen LogP contribution in [0.5, 0.6) is 5.75 Å². The van der Waals surface area contributed by atoms with Crippen LogP contribution in [0.15, 0.2) is 23.5 Å². The second-order valence-electron chi connectivity index (χ2n) is 5.16. The van der Waals surface area contributed by atoms with Gasteiger partial charge in [-0.3, -0.25) is 0 Å². The third kappa shape index (κ3) is 5.70. The van der Waals surface area contributed by atoms with Crippen molar-refractivity contribution >= 4 is 29.2 Å². The summed E-state index contributed by atoms with van der Waals surface area (Å²) < 4.78 is 31.5. The minimum absolute atomic E-state index is 0.0000413. The Bertz CT molecular complexity index is 769. The standard InChI is InChI=1S/C15H18Cl2F2N6O/c1-3-20-15(22-7-12-24-23-8-25(12)2)21-6-9-4-10(16)5-11(17)13(9)26-14(18)19/h4-5,8,14H,3,6-7H2,1-2H3,(H2,20,21,22). The molecule has 7 nitrogen and oxygen atoms in total. The number of benzene rings is 1.